The van der Waals surface area contributed by atoms with E-state index in [1.165, 1.54) is 0 Å². The maximum Gasteiger partial charge on any atom is 0.217 e. The molecule has 2 atom stereocenters. The maximum atomic E-state index is 10.6. The Labute approximate surface area is 72.1 Å². The molecule has 2 unspecified atom stereocenters. The zero-order chi connectivity index (χ0) is 8.65. The summed E-state index contributed by atoms with van der Waals surface area (Å²) in [5, 5.41) is 0. The second-order valence-electron chi connectivity index (χ2n) is 3.86. The summed E-state index contributed by atoms with van der Waals surface area (Å²) in [5.41, 5.74) is 5.32. The Morgan fingerprint density at radius 3 is 2.36 bits per heavy atom. The molecular weight excluding hydrogens is 162 g/mol. The molecule has 1 aliphatic rings. The van der Waals surface area contributed by atoms with Crippen LogP contribution in [-0.4, -0.2) is 11.8 Å². The molecule has 2 nitrogen and oxygen atoms in total. The van der Waals surface area contributed by atoms with Gasteiger partial charge in [-0.05, 0) is 17.3 Å². The molecule has 0 radical (unpaired) electrons. The predicted octanol–water partition coefficient (Wildman–Crippen LogP) is 1.37. The number of carbonyl (C=O) groups is 1. The average molecular weight is 176 g/mol. The van der Waals surface area contributed by atoms with Crippen LogP contribution in [0.3, 0.4) is 0 Å². The number of alkyl halides is 1. The van der Waals surface area contributed by atoms with Gasteiger partial charge in [-0.1, -0.05) is 13.8 Å². The molecule has 0 saturated heterocycles. The zero-order valence-electron chi connectivity index (χ0n) is 6.93. The SMILES string of the molecule is CC1(C)C(CCl)C1CC(N)=O. The second kappa shape index (κ2) is 2.67. The van der Waals surface area contributed by atoms with Crippen LogP contribution < -0.4 is 5.73 Å². The summed E-state index contributed by atoms with van der Waals surface area (Å²) >= 11 is 5.71. The number of primary amides is 1. The number of rotatable bonds is 3. The molecule has 0 aromatic carbocycles. The number of nitrogens with two attached hydrogens (primary N) is 1. The molecule has 0 bridgehead atoms. The smallest absolute Gasteiger partial charge is 0.217 e. The summed E-state index contributed by atoms with van der Waals surface area (Å²) in [4.78, 5) is 10.6. The van der Waals surface area contributed by atoms with Crippen LogP contribution in [0.15, 0.2) is 0 Å². The van der Waals surface area contributed by atoms with Crippen LogP contribution >= 0.6 is 11.6 Å². The summed E-state index contributed by atoms with van der Waals surface area (Å²) in [7, 11) is 0. The first-order chi connectivity index (χ1) is 5.00. The van der Waals surface area contributed by atoms with Gasteiger partial charge in [-0.2, -0.15) is 0 Å². The third kappa shape index (κ3) is 1.51. The van der Waals surface area contributed by atoms with Crippen molar-refractivity contribution >= 4 is 17.5 Å². The van der Waals surface area contributed by atoms with Gasteiger partial charge in [-0.3, -0.25) is 4.79 Å². The molecule has 0 spiro atoms. The van der Waals surface area contributed by atoms with Crippen LogP contribution in [-0.2, 0) is 4.79 Å². The van der Waals surface area contributed by atoms with Gasteiger partial charge in [0.05, 0.1) is 0 Å². The maximum absolute atomic E-state index is 10.6. The third-order valence-electron chi connectivity index (χ3n) is 2.88. The molecule has 64 valence electrons. The normalized spacial score (nSPS) is 33.4. The van der Waals surface area contributed by atoms with Crippen LogP contribution in [0, 0.1) is 17.3 Å². The first kappa shape index (κ1) is 8.85. The fourth-order valence-corrected chi connectivity index (χ4v) is 2.40. The Morgan fingerprint density at radius 1 is 1.55 bits per heavy atom. The van der Waals surface area contributed by atoms with Crippen LogP contribution in [0.1, 0.15) is 20.3 Å². The minimum Gasteiger partial charge on any atom is -0.370 e. The van der Waals surface area contributed by atoms with E-state index in [0.717, 1.165) is 0 Å². The summed E-state index contributed by atoms with van der Waals surface area (Å²) in [5.74, 6) is 1.33. The summed E-state index contributed by atoms with van der Waals surface area (Å²) in [6.45, 7) is 4.27. The van der Waals surface area contributed by atoms with Gasteiger partial charge in [0.15, 0.2) is 0 Å². The molecule has 1 aliphatic carbocycles. The molecule has 11 heavy (non-hydrogen) atoms. The molecule has 1 saturated carbocycles. The van der Waals surface area contributed by atoms with Crippen molar-refractivity contribution in [2.24, 2.45) is 23.0 Å². The van der Waals surface area contributed by atoms with Crippen molar-refractivity contribution in [3.8, 4) is 0 Å². The number of halogens is 1. The van der Waals surface area contributed by atoms with Gasteiger partial charge in [-0.25, -0.2) is 0 Å². The van der Waals surface area contributed by atoms with Crippen LogP contribution in [0.5, 0.6) is 0 Å². The molecular formula is C8H14ClNO. The van der Waals surface area contributed by atoms with Crippen LogP contribution in [0.25, 0.3) is 0 Å². The quantitative estimate of drug-likeness (QED) is 0.647. The van der Waals surface area contributed by atoms with Crippen LogP contribution in [0.2, 0.25) is 0 Å². The average Bonchev–Trinajstić information content (AvgIpc) is 2.33. The Hall–Kier alpha value is -0.240. The molecule has 3 heteroatoms. The highest BCUT2D eigenvalue weighted by atomic mass is 35.5. The first-order valence-electron chi connectivity index (χ1n) is 3.84. The van der Waals surface area contributed by atoms with Gasteiger partial charge < -0.3 is 5.73 Å². The summed E-state index contributed by atoms with van der Waals surface area (Å²) in [6, 6.07) is 0. The standard InChI is InChI=1S/C8H14ClNO/c1-8(2)5(3-7(10)11)6(8)4-9/h5-6H,3-4H2,1-2H3,(H2,10,11). The largest absolute Gasteiger partial charge is 0.370 e. The Morgan fingerprint density at radius 2 is 2.09 bits per heavy atom. The molecule has 1 amide bonds. The van der Waals surface area contributed by atoms with Crippen LogP contribution in [0.4, 0.5) is 0 Å². The van der Waals surface area contributed by atoms with Gasteiger partial charge in [0, 0.05) is 12.3 Å². The Kier molecular flexibility index (Phi) is 2.15. The van der Waals surface area contributed by atoms with E-state index in [2.05, 4.69) is 13.8 Å². The van der Waals surface area contributed by atoms with Crippen molar-refractivity contribution in [3.05, 3.63) is 0 Å². The Balaban J connectivity index is 2.46. The number of hydrogen-bond donors (Lipinski definition) is 1. The minimum atomic E-state index is -0.212. The van der Waals surface area contributed by atoms with Crippen molar-refractivity contribution in [3.63, 3.8) is 0 Å². The number of hydrogen-bond acceptors (Lipinski definition) is 1. The summed E-state index contributed by atoms with van der Waals surface area (Å²) in [6.07, 6.45) is 0.490. The zero-order valence-corrected chi connectivity index (χ0v) is 7.69. The topological polar surface area (TPSA) is 43.1 Å². The molecule has 0 heterocycles. The molecule has 0 aromatic heterocycles. The van der Waals surface area contributed by atoms with E-state index < -0.39 is 0 Å². The fourth-order valence-electron chi connectivity index (χ4n) is 1.79. The number of carbonyl (C=O) groups excluding carboxylic acids is 1. The fraction of sp³-hybridized carbons (Fsp3) is 0.875. The molecule has 0 aliphatic heterocycles. The summed E-state index contributed by atoms with van der Waals surface area (Å²) < 4.78 is 0. The third-order valence-corrected chi connectivity index (χ3v) is 3.21. The molecule has 1 fully saturated rings. The van der Waals surface area contributed by atoms with Crippen molar-refractivity contribution in [1.29, 1.82) is 0 Å². The van der Waals surface area contributed by atoms with Gasteiger partial charge in [0.25, 0.3) is 0 Å². The molecule has 0 aromatic rings. The minimum absolute atomic E-state index is 0.212. The Bertz CT molecular complexity index is 179. The highest BCUT2D eigenvalue weighted by molar-refractivity contribution is 6.18. The predicted molar refractivity (Wildman–Crippen MR) is 45.3 cm³/mol. The van der Waals surface area contributed by atoms with Crippen molar-refractivity contribution < 1.29 is 4.79 Å². The van der Waals surface area contributed by atoms with E-state index in [4.69, 9.17) is 17.3 Å². The van der Waals surface area contributed by atoms with Gasteiger partial charge in [0.2, 0.25) is 5.91 Å². The van der Waals surface area contributed by atoms with Gasteiger partial charge in [-0.15, -0.1) is 11.6 Å². The van der Waals surface area contributed by atoms with Gasteiger partial charge >= 0.3 is 0 Å². The molecule has 2 N–H and O–H groups in total. The van der Waals surface area contributed by atoms with E-state index in [-0.39, 0.29) is 11.3 Å². The lowest BCUT2D eigenvalue weighted by atomic mass is 10.1. The van der Waals surface area contributed by atoms with E-state index in [0.29, 0.717) is 24.1 Å². The van der Waals surface area contributed by atoms with E-state index >= 15 is 0 Å². The highest BCUT2D eigenvalue weighted by Crippen LogP contribution is 2.60. The monoisotopic (exact) mass is 175 g/mol. The second-order valence-corrected chi connectivity index (χ2v) is 4.17. The first-order valence-corrected chi connectivity index (χ1v) is 4.38. The lowest BCUT2D eigenvalue weighted by molar-refractivity contribution is -0.118. The van der Waals surface area contributed by atoms with Crippen molar-refractivity contribution in [1.82, 2.24) is 0 Å². The number of amides is 1. The lowest BCUT2D eigenvalue weighted by Crippen LogP contribution is -2.12. The lowest BCUT2D eigenvalue weighted by Gasteiger charge is -1.98. The highest BCUT2D eigenvalue weighted by Gasteiger charge is 2.56. The van der Waals surface area contributed by atoms with E-state index in [9.17, 15) is 4.79 Å². The molecule has 1 rings (SSSR count). The van der Waals surface area contributed by atoms with E-state index in [1.54, 1.807) is 0 Å². The van der Waals surface area contributed by atoms with Crippen molar-refractivity contribution in [2.45, 2.75) is 20.3 Å². The van der Waals surface area contributed by atoms with Crippen molar-refractivity contribution in [2.75, 3.05) is 5.88 Å². The van der Waals surface area contributed by atoms with Gasteiger partial charge in [0.1, 0.15) is 0 Å². The van der Waals surface area contributed by atoms with E-state index in [1.807, 2.05) is 0 Å².